The lowest BCUT2D eigenvalue weighted by atomic mass is 9.87. The van der Waals surface area contributed by atoms with Gasteiger partial charge in [0.25, 0.3) is 5.56 Å². The van der Waals surface area contributed by atoms with Crippen LogP contribution in [-0.4, -0.2) is 33.6 Å². The van der Waals surface area contributed by atoms with E-state index in [4.69, 9.17) is 0 Å². The van der Waals surface area contributed by atoms with Gasteiger partial charge >= 0.3 is 0 Å². The van der Waals surface area contributed by atoms with Gasteiger partial charge in [0.15, 0.2) is 0 Å². The van der Waals surface area contributed by atoms with Crippen molar-refractivity contribution < 1.29 is 0 Å². The van der Waals surface area contributed by atoms with E-state index in [-0.39, 0.29) is 11.6 Å². The van der Waals surface area contributed by atoms with Crippen LogP contribution in [0.25, 0.3) is 20.4 Å². The van der Waals surface area contributed by atoms with Crippen molar-refractivity contribution in [3.05, 3.63) is 23.0 Å². The minimum Gasteiger partial charge on any atom is -0.362 e. The predicted octanol–water partition coefficient (Wildman–Crippen LogP) is 3.22. The van der Waals surface area contributed by atoms with Crippen LogP contribution in [0.5, 0.6) is 0 Å². The molecule has 1 aliphatic rings. The van der Waals surface area contributed by atoms with Crippen molar-refractivity contribution in [3.8, 4) is 0 Å². The van der Waals surface area contributed by atoms with Crippen molar-refractivity contribution in [3.63, 3.8) is 0 Å². The number of thiophene rings is 1. The molecular formula is C17H21N5OS. The molecule has 0 atom stereocenters. The number of fused-ring (bicyclic) bond motifs is 3. The molecule has 0 saturated heterocycles. The van der Waals surface area contributed by atoms with E-state index >= 15 is 0 Å². The number of nitrogens with zero attached hydrogens (tertiary/aromatic N) is 5. The summed E-state index contributed by atoms with van der Waals surface area (Å²) in [5, 5.41) is 0.879. The van der Waals surface area contributed by atoms with Gasteiger partial charge in [-0.1, -0.05) is 6.92 Å². The molecule has 24 heavy (non-hydrogen) atoms. The van der Waals surface area contributed by atoms with E-state index < -0.39 is 0 Å². The average molecular weight is 343 g/mol. The average Bonchev–Trinajstić information content (AvgIpc) is 2.96. The highest BCUT2D eigenvalue weighted by atomic mass is 32.1. The summed E-state index contributed by atoms with van der Waals surface area (Å²) in [6.07, 6.45) is 7.75. The lowest BCUT2D eigenvalue weighted by Crippen LogP contribution is -2.27. The van der Waals surface area contributed by atoms with E-state index in [1.165, 1.54) is 24.2 Å². The summed E-state index contributed by atoms with van der Waals surface area (Å²) < 4.78 is 2.53. The maximum absolute atomic E-state index is 13.0. The molecule has 1 fully saturated rings. The van der Waals surface area contributed by atoms with Gasteiger partial charge in [-0.05, 0) is 31.6 Å². The number of hydrogen-bond acceptors (Lipinski definition) is 6. The fraction of sp³-hybridized carbons (Fsp3) is 0.529. The van der Waals surface area contributed by atoms with E-state index in [0.29, 0.717) is 4.70 Å². The monoisotopic (exact) mass is 343 g/mol. The van der Waals surface area contributed by atoms with Crippen LogP contribution in [0.3, 0.4) is 0 Å². The lowest BCUT2D eigenvalue weighted by Gasteiger charge is -2.27. The van der Waals surface area contributed by atoms with Gasteiger partial charge in [0, 0.05) is 20.1 Å². The molecule has 3 aromatic rings. The molecule has 126 valence electrons. The van der Waals surface area contributed by atoms with E-state index in [9.17, 15) is 4.79 Å². The van der Waals surface area contributed by atoms with Crippen LogP contribution < -0.4 is 10.5 Å². The Hall–Kier alpha value is -2.02. The molecule has 4 rings (SSSR count). The van der Waals surface area contributed by atoms with Crippen LogP contribution in [0.4, 0.5) is 5.82 Å². The summed E-state index contributed by atoms with van der Waals surface area (Å²) in [7, 11) is 3.88. The number of rotatable bonds is 2. The fourth-order valence-electron chi connectivity index (χ4n) is 3.58. The van der Waals surface area contributed by atoms with E-state index in [1.54, 1.807) is 12.7 Å². The molecule has 3 heterocycles. The zero-order chi connectivity index (χ0) is 16.8. The molecule has 1 aliphatic carbocycles. The van der Waals surface area contributed by atoms with Gasteiger partial charge < -0.3 is 4.90 Å². The zero-order valence-corrected chi connectivity index (χ0v) is 15.0. The Kier molecular flexibility index (Phi) is 3.75. The third-order valence-electron chi connectivity index (χ3n) is 4.99. The first kappa shape index (κ1) is 15.5. The molecule has 0 radical (unpaired) electrons. The Morgan fingerprint density at radius 2 is 1.92 bits per heavy atom. The van der Waals surface area contributed by atoms with Gasteiger partial charge in [0.05, 0.1) is 11.7 Å². The number of anilines is 1. The lowest BCUT2D eigenvalue weighted by molar-refractivity contribution is 0.284. The molecule has 0 aliphatic heterocycles. The minimum atomic E-state index is 0.0623. The van der Waals surface area contributed by atoms with E-state index in [0.717, 1.165) is 40.3 Å². The highest BCUT2D eigenvalue weighted by molar-refractivity contribution is 7.25. The summed E-state index contributed by atoms with van der Waals surface area (Å²) >= 11 is 1.42. The summed E-state index contributed by atoms with van der Waals surface area (Å²) in [5.41, 5.74) is 0.789. The zero-order valence-electron chi connectivity index (χ0n) is 14.2. The third-order valence-corrected chi connectivity index (χ3v) is 6.06. The molecule has 6 nitrogen and oxygen atoms in total. The van der Waals surface area contributed by atoms with Gasteiger partial charge in [-0.2, -0.15) is 0 Å². The second-order valence-electron chi connectivity index (χ2n) is 6.92. The standard InChI is InChI=1S/C17H21N5OS/c1-10-4-6-11(7-5-10)22-9-20-13-12-15(21(2)3)18-8-19-16(12)24-14(13)17(22)23/h8-11H,4-7H2,1-3H3. The van der Waals surface area contributed by atoms with E-state index in [2.05, 4.69) is 21.9 Å². The summed E-state index contributed by atoms with van der Waals surface area (Å²) in [4.78, 5) is 29.1. The Morgan fingerprint density at radius 1 is 1.17 bits per heavy atom. The second kappa shape index (κ2) is 5.81. The third kappa shape index (κ3) is 2.38. The number of aromatic nitrogens is 4. The first-order valence-electron chi connectivity index (χ1n) is 8.38. The van der Waals surface area contributed by atoms with Crippen LogP contribution in [0.2, 0.25) is 0 Å². The second-order valence-corrected chi connectivity index (χ2v) is 7.92. The molecule has 0 aromatic carbocycles. The predicted molar refractivity (Wildman–Crippen MR) is 98.0 cm³/mol. The molecule has 3 aromatic heterocycles. The summed E-state index contributed by atoms with van der Waals surface area (Å²) in [6, 6.07) is 0.273. The fourth-order valence-corrected chi connectivity index (χ4v) is 4.61. The smallest absolute Gasteiger partial charge is 0.271 e. The van der Waals surface area contributed by atoms with Crippen molar-refractivity contribution in [2.75, 3.05) is 19.0 Å². The van der Waals surface area contributed by atoms with Crippen molar-refractivity contribution in [2.45, 2.75) is 38.6 Å². The Labute approximate surface area is 144 Å². The van der Waals surface area contributed by atoms with Gasteiger partial charge in [0.1, 0.15) is 27.2 Å². The first-order valence-corrected chi connectivity index (χ1v) is 9.19. The molecule has 0 bridgehead atoms. The van der Waals surface area contributed by atoms with Crippen LogP contribution in [-0.2, 0) is 0 Å². The topological polar surface area (TPSA) is 63.9 Å². The molecule has 0 N–H and O–H groups in total. The van der Waals surface area contributed by atoms with Crippen molar-refractivity contribution in [1.82, 2.24) is 19.5 Å². The Bertz CT molecular complexity index is 953. The highest BCUT2D eigenvalue weighted by Crippen LogP contribution is 2.35. The SMILES string of the molecule is CC1CCC(n2cnc3c(sc4ncnc(N(C)C)c43)c2=O)CC1. The molecular weight excluding hydrogens is 322 g/mol. The maximum atomic E-state index is 13.0. The van der Waals surface area contributed by atoms with Crippen LogP contribution >= 0.6 is 11.3 Å². The van der Waals surface area contributed by atoms with Crippen LogP contribution in [0, 0.1) is 5.92 Å². The van der Waals surface area contributed by atoms with Gasteiger partial charge in [-0.15, -0.1) is 11.3 Å². The van der Waals surface area contributed by atoms with Gasteiger partial charge in [0.2, 0.25) is 0 Å². The summed E-state index contributed by atoms with van der Waals surface area (Å²) in [5.74, 6) is 1.57. The first-order chi connectivity index (χ1) is 11.6. The molecule has 0 amide bonds. The van der Waals surface area contributed by atoms with Crippen LogP contribution in [0.1, 0.15) is 38.6 Å². The minimum absolute atomic E-state index is 0.0623. The number of hydrogen-bond donors (Lipinski definition) is 0. The molecule has 0 unspecified atom stereocenters. The van der Waals surface area contributed by atoms with Gasteiger partial charge in [-0.3, -0.25) is 9.36 Å². The van der Waals surface area contributed by atoms with E-state index in [1.807, 2.05) is 23.6 Å². The normalized spacial score (nSPS) is 21.5. The van der Waals surface area contributed by atoms with Crippen LogP contribution in [0.15, 0.2) is 17.4 Å². The Morgan fingerprint density at radius 3 is 2.62 bits per heavy atom. The summed E-state index contributed by atoms with van der Waals surface area (Å²) in [6.45, 7) is 2.29. The maximum Gasteiger partial charge on any atom is 0.271 e. The highest BCUT2D eigenvalue weighted by Gasteiger charge is 2.23. The molecule has 1 saturated carbocycles. The van der Waals surface area contributed by atoms with Crippen molar-refractivity contribution in [2.24, 2.45) is 5.92 Å². The molecule has 0 spiro atoms. The molecule has 7 heteroatoms. The van der Waals surface area contributed by atoms with Gasteiger partial charge in [-0.25, -0.2) is 15.0 Å². The quantitative estimate of drug-likeness (QED) is 0.715. The van der Waals surface area contributed by atoms with Crippen molar-refractivity contribution >= 4 is 37.6 Å². The Balaban J connectivity index is 1.90. The van der Waals surface area contributed by atoms with Crippen molar-refractivity contribution in [1.29, 1.82) is 0 Å². The largest absolute Gasteiger partial charge is 0.362 e.